The third-order valence-corrected chi connectivity index (χ3v) is 1.67. The van der Waals surface area contributed by atoms with Crippen molar-refractivity contribution in [1.29, 1.82) is 0 Å². The number of likely N-dealkylation sites (N-methyl/N-ethyl adjacent to an activating group) is 2. The first-order chi connectivity index (χ1) is 6.52. The van der Waals surface area contributed by atoms with E-state index in [9.17, 15) is 9.59 Å². The minimum atomic E-state index is -0.267. The molecule has 0 aliphatic carbocycles. The van der Waals surface area contributed by atoms with Crippen LogP contribution in [-0.2, 0) is 9.59 Å². The van der Waals surface area contributed by atoms with Gasteiger partial charge in [0.15, 0.2) is 0 Å². The fourth-order valence-electron chi connectivity index (χ4n) is 0.928. The predicted octanol–water partition coefficient (Wildman–Crippen LogP) is -0.638. The predicted molar refractivity (Wildman–Crippen MR) is 54.5 cm³/mol. The first-order valence-electron chi connectivity index (χ1n) is 4.37. The van der Waals surface area contributed by atoms with Crippen LogP contribution in [0.2, 0.25) is 0 Å². The SMILES string of the molecule is CNC(=O)CNC(=O)C(NC)=C(C)C. The van der Waals surface area contributed by atoms with Crippen LogP contribution >= 0.6 is 0 Å². The van der Waals surface area contributed by atoms with E-state index in [1.807, 2.05) is 13.8 Å². The number of allylic oxidation sites excluding steroid dienone is 1. The summed E-state index contributed by atoms with van der Waals surface area (Å²) in [7, 11) is 3.19. The van der Waals surface area contributed by atoms with Crippen LogP contribution < -0.4 is 16.0 Å². The topological polar surface area (TPSA) is 70.2 Å². The molecule has 0 aromatic rings. The third kappa shape index (κ3) is 3.93. The zero-order valence-corrected chi connectivity index (χ0v) is 9.02. The monoisotopic (exact) mass is 199 g/mol. The third-order valence-electron chi connectivity index (χ3n) is 1.67. The van der Waals surface area contributed by atoms with E-state index < -0.39 is 0 Å². The quantitative estimate of drug-likeness (QED) is 0.528. The second-order valence-electron chi connectivity index (χ2n) is 2.98. The van der Waals surface area contributed by atoms with E-state index in [2.05, 4.69) is 16.0 Å². The lowest BCUT2D eigenvalue weighted by Gasteiger charge is -2.09. The zero-order chi connectivity index (χ0) is 11.1. The van der Waals surface area contributed by atoms with Crippen LogP contribution in [0.5, 0.6) is 0 Å². The number of amides is 2. The van der Waals surface area contributed by atoms with Crippen LogP contribution in [0.15, 0.2) is 11.3 Å². The highest BCUT2D eigenvalue weighted by atomic mass is 16.2. The molecule has 0 heterocycles. The van der Waals surface area contributed by atoms with Gasteiger partial charge in [-0.3, -0.25) is 9.59 Å². The molecule has 0 bridgehead atoms. The van der Waals surface area contributed by atoms with Crippen molar-refractivity contribution >= 4 is 11.8 Å². The lowest BCUT2D eigenvalue weighted by Crippen LogP contribution is -2.38. The second-order valence-corrected chi connectivity index (χ2v) is 2.98. The van der Waals surface area contributed by atoms with Gasteiger partial charge in [0.1, 0.15) is 0 Å². The van der Waals surface area contributed by atoms with Gasteiger partial charge in [-0.05, 0) is 19.4 Å². The Balaban J connectivity index is 4.21. The Morgan fingerprint density at radius 1 is 1.07 bits per heavy atom. The summed E-state index contributed by atoms with van der Waals surface area (Å²) >= 11 is 0. The van der Waals surface area contributed by atoms with Gasteiger partial charge in [0.25, 0.3) is 5.91 Å². The van der Waals surface area contributed by atoms with Crippen molar-refractivity contribution < 1.29 is 9.59 Å². The summed E-state index contributed by atoms with van der Waals surface area (Å²) in [6.07, 6.45) is 0. The molecule has 0 aromatic carbocycles. The minimum Gasteiger partial charge on any atom is -0.384 e. The molecule has 0 unspecified atom stereocenters. The molecule has 5 heteroatoms. The fraction of sp³-hybridized carbons (Fsp3) is 0.556. The van der Waals surface area contributed by atoms with E-state index >= 15 is 0 Å². The largest absolute Gasteiger partial charge is 0.384 e. The maximum Gasteiger partial charge on any atom is 0.267 e. The van der Waals surface area contributed by atoms with Crippen LogP contribution in [0.4, 0.5) is 0 Å². The number of rotatable bonds is 4. The molecule has 0 aliphatic heterocycles. The van der Waals surface area contributed by atoms with Crippen molar-refractivity contribution in [2.24, 2.45) is 0 Å². The highest BCUT2D eigenvalue weighted by Crippen LogP contribution is 1.97. The van der Waals surface area contributed by atoms with Gasteiger partial charge in [0.05, 0.1) is 12.2 Å². The maximum atomic E-state index is 11.4. The highest BCUT2D eigenvalue weighted by Gasteiger charge is 2.09. The number of nitrogens with one attached hydrogen (secondary N) is 3. The molecule has 80 valence electrons. The van der Waals surface area contributed by atoms with Crippen LogP contribution in [0.3, 0.4) is 0 Å². The molecule has 14 heavy (non-hydrogen) atoms. The average molecular weight is 199 g/mol. The number of carbonyl (C=O) groups is 2. The maximum absolute atomic E-state index is 11.4. The first kappa shape index (κ1) is 12.5. The lowest BCUT2D eigenvalue weighted by atomic mass is 10.2. The molecule has 2 amide bonds. The molecule has 0 saturated heterocycles. The van der Waals surface area contributed by atoms with Gasteiger partial charge >= 0.3 is 0 Å². The fourth-order valence-corrected chi connectivity index (χ4v) is 0.928. The molecule has 0 saturated carbocycles. The summed E-state index contributed by atoms with van der Waals surface area (Å²) < 4.78 is 0. The van der Waals surface area contributed by atoms with E-state index in [0.717, 1.165) is 5.57 Å². The number of hydrogen-bond donors (Lipinski definition) is 3. The van der Waals surface area contributed by atoms with Gasteiger partial charge in [-0.2, -0.15) is 0 Å². The van der Waals surface area contributed by atoms with Gasteiger partial charge < -0.3 is 16.0 Å². The van der Waals surface area contributed by atoms with Crippen molar-refractivity contribution in [3.8, 4) is 0 Å². The molecule has 0 atom stereocenters. The highest BCUT2D eigenvalue weighted by molar-refractivity contribution is 5.95. The van der Waals surface area contributed by atoms with Gasteiger partial charge in [-0.1, -0.05) is 0 Å². The minimum absolute atomic E-state index is 0.00616. The summed E-state index contributed by atoms with van der Waals surface area (Å²) in [6.45, 7) is 3.64. The smallest absolute Gasteiger partial charge is 0.267 e. The van der Waals surface area contributed by atoms with Crippen LogP contribution in [-0.4, -0.2) is 32.5 Å². The number of carbonyl (C=O) groups excluding carboxylic acids is 2. The molecule has 0 radical (unpaired) electrons. The summed E-state index contributed by atoms with van der Waals surface area (Å²) in [5.41, 5.74) is 1.37. The molecule has 0 spiro atoms. The molecular weight excluding hydrogens is 182 g/mol. The Morgan fingerprint density at radius 3 is 2.00 bits per heavy atom. The summed E-state index contributed by atoms with van der Waals surface area (Å²) in [5, 5.41) is 7.69. The van der Waals surface area contributed by atoms with Crippen LogP contribution in [0.25, 0.3) is 0 Å². The average Bonchev–Trinajstić information content (AvgIpc) is 2.14. The summed E-state index contributed by atoms with van der Waals surface area (Å²) in [5.74, 6) is -0.487. The first-order valence-corrected chi connectivity index (χ1v) is 4.37. The van der Waals surface area contributed by atoms with Crippen molar-refractivity contribution in [3.63, 3.8) is 0 Å². The van der Waals surface area contributed by atoms with Gasteiger partial charge in [-0.25, -0.2) is 0 Å². The normalized spacial score (nSPS) is 8.86. The Bertz CT molecular complexity index is 255. The van der Waals surface area contributed by atoms with Crippen molar-refractivity contribution in [2.45, 2.75) is 13.8 Å². The van der Waals surface area contributed by atoms with Crippen molar-refractivity contribution in [3.05, 3.63) is 11.3 Å². The van der Waals surface area contributed by atoms with E-state index in [1.54, 1.807) is 7.05 Å². The Hall–Kier alpha value is -1.52. The summed E-state index contributed by atoms with van der Waals surface area (Å²) in [4.78, 5) is 22.3. The Labute approximate surface area is 83.9 Å². The lowest BCUT2D eigenvalue weighted by molar-refractivity contribution is -0.124. The van der Waals surface area contributed by atoms with Crippen LogP contribution in [0.1, 0.15) is 13.8 Å². The second kappa shape index (κ2) is 6.01. The van der Waals surface area contributed by atoms with E-state index in [-0.39, 0.29) is 18.4 Å². The molecule has 5 nitrogen and oxygen atoms in total. The van der Waals surface area contributed by atoms with Gasteiger partial charge in [0.2, 0.25) is 5.91 Å². The van der Waals surface area contributed by atoms with E-state index in [4.69, 9.17) is 0 Å². The van der Waals surface area contributed by atoms with E-state index in [0.29, 0.717) is 5.70 Å². The molecular formula is C9H17N3O2. The summed E-state index contributed by atoms with van der Waals surface area (Å²) in [6, 6.07) is 0. The zero-order valence-electron chi connectivity index (χ0n) is 9.02. The Morgan fingerprint density at radius 2 is 1.64 bits per heavy atom. The van der Waals surface area contributed by atoms with Crippen molar-refractivity contribution in [1.82, 2.24) is 16.0 Å². The number of hydrogen-bond acceptors (Lipinski definition) is 3. The Kier molecular flexibility index (Phi) is 5.36. The molecule has 0 aliphatic rings. The van der Waals surface area contributed by atoms with Gasteiger partial charge in [-0.15, -0.1) is 0 Å². The molecule has 0 fully saturated rings. The van der Waals surface area contributed by atoms with Crippen LogP contribution in [0, 0.1) is 0 Å². The van der Waals surface area contributed by atoms with E-state index in [1.165, 1.54) is 7.05 Å². The van der Waals surface area contributed by atoms with Crippen molar-refractivity contribution in [2.75, 3.05) is 20.6 Å². The molecule has 0 aromatic heterocycles. The standard InChI is InChI=1S/C9H17N3O2/c1-6(2)8(11-4)9(14)12-5-7(13)10-3/h11H,5H2,1-4H3,(H,10,13)(H,12,14). The molecule has 0 rings (SSSR count). The van der Waals surface area contributed by atoms with Gasteiger partial charge in [0, 0.05) is 14.1 Å². The molecule has 3 N–H and O–H groups in total.